The van der Waals surface area contributed by atoms with Gasteiger partial charge in [0.15, 0.2) is 0 Å². The second-order valence-electron chi connectivity index (χ2n) is 4.73. The van der Waals surface area contributed by atoms with Crippen molar-refractivity contribution in [3.63, 3.8) is 0 Å². The van der Waals surface area contributed by atoms with E-state index in [0.717, 1.165) is 52.1 Å². The monoisotopic (exact) mass is 226 g/mol. The van der Waals surface area contributed by atoms with Crippen LogP contribution in [-0.4, -0.2) is 49.7 Å². The molecule has 2 fully saturated rings. The van der Waals surface area contributed by atoms with Gasteiger partial charge in [-0.1, -0.05) is 6.92 Å². The number of nitrogens with zero attached hydrogens (tertiary/aromatic N) is 1. The van der Waals surface area contributed by atoms with Crippen LogP contribution in [0.2, 0.25) is 0 Å². The number of hydrogen-bond acceptors (Lipinski definition) is 3. The molecule has 4 nitrogen and oxygen atoms in total. The van der Waals surface area contributed by atoms with Crippen LogP contribution in [0.4, 0.5) is 0 Å². The van der Waals surface area contributed by atoms with Crippen molar-refractivity contribution in [3.8, 4) is 0 Å². The van der Waals surface area contributed by atoms with Gasteiger partial charge in [-0.3, -0.25) is 4.79 Å². The summed E-state index contributed by atoms with van der Waals surface area (Å²) in [7, 11) is 0. The molecule has 0 atom stereocenters. The Morgan fingerprint density at radius 2 is 2.06 bits per heavy atom. The minimum Gasteiger partial charge on any atom is -0.381 e. The topological polar surface area (TPSA) is 41.6 Å². The smallest absolute Gasteiger partial charge is 0.226 e. The fourth-order valence-electron chi connectivity index (χ4n) is 2.39. The van der Waals surface area contributed by atoms with Crippen LogP contribution < -0.4 is 5.32 Å². The Kier molecular flexibility index (Phi) is 4.18. The van der Waals surface area contributed by atoms with E-state index in [1.165, 1.54) is 0 Å². The van der Waals surface area contributed by atoms with Gasteiger partial charge in [-0.25, -0.2) is 0 Å². The minimum absolute atomic E-state index is 0.209. The molecule has 0 aromatic carbocycles. The largest absolute Gasteiger partial charge is 0.381 e. The van der Waals surface area contributed by atoms with E-state index in [0.29, 0.717) is 11.9 Å². The summed E-state index contributed by atoms with van der Waals surface area (Å²) in [5.74, 6) is 0.567. The van der Waals surface area contributed by atoms with E-state index in [4.69, 9.17) is 4.74 Å². The van der Waals surface area contributed by atoms with Gasteiger partial charge in [0.05, 0.1) is 6.04 Å². The lowest BCUT2D eigenvalue weighted by Gasteiger charge is -2.40. The molecule has 2 saturated heterocycles. The van der Waals surface area contributed by atoms with Crippen molar-refractivity contribution in [1.82, 2.24) is 10.2 Å². The van der Waals surface area contributed by atoms with Crippen LogP contribution in [0, 0.1) is 5.92 Å². The lowest BCUT2D eigenvalue weighted by Crippen LogP contribution is -2.60. The second kappa shape index (κ2) is 5.64. The second-order valence-corrected chi connectivity index (χ2v) is 4.73. The molecule has 0 radical (unpaired) electrons. The lowest BCUT2D eigenvalue weighted by molar-refractivity contribution is -0.142. The molecule has 2 heterocycles. The van der Waals surface area contributed by atoms with Crippen LogP contribution in [0.1, 0.15) is 26.2 Å². The van der Waals surface area contributed by atoms with Gasteiger partial charge >= 0.3 is 0 Å². The molecular formula is C12H22N2O2. The average molecular weight is 226 g/mol. The van der Waals surface area contributed by atoms with Crippen molar-refractivity contribution in [1.29, 1.82) is 0 Å². The van der Waals surface area contributed by atoms with Gasteiger partial charge in [0.1, 0.15) is 0 Å². The zero-order chi connectivity index (χ0) is 11.4. The standard InChI is InChI=1S/C12H22N2O2/c1-2-5-14(11-8-13-9-11)12(15)10-3-6-16-7-4-10/h10-11,13H,2-9H2,1H3. The van der Waals surface area contributed by atoms with Crippen molar-refractivity contribution in [2.45, 2.75) is 32.2 Å². The van der Waals surface area contributed by atoms with Crippen LogP contribution in [0.15, 0.2) is 0 Å². The molecule has 0 spiro atoms. The summed E-state index contributed by atoms with van der Waals surface area (Å²) < 4.78 is 5.31. The van der Waals surface area contributed by atoms with Gasteiger partial charge in [-0.05, 0) is 19.3 Å². The van der Waals surface area contributed by atoms with Crippen molar-refractivity contribution in [3.05, 3.63) is 0 Å². The summed E-state index contributed by atoms with van der Waals surface area (Å²) >= 11 is 0. The zero-order valence-electron chi connectivity index (χ0n) is 10.1. The Hall–Kier alpha value is -0.610. The van der Waals surface area contributed by atoms with Gasteiger partial charge in [-0.2, -0.15) is 0 Å². The Bertz CT molecular complexity index is 235. The van der Waals surface area contributed by atoms with E-state index >= 15 is 0 Å². The van der Waals surface area contributed by atoms with Crippen molar-refractivity contribution >= 4 is 5.91 Å². The van der Waals surface area contributed by atoms with Gasteiger partial charge in [0.2, 0.25) is 5.91 Å². The highest BCUT2D eigenvalue weighted by molar-refractivity contribution is 5.79. The van der Waals surface area contributed by atoms with E-state index in [2.05, 4.69) is 17.1 Å². The van der Waals surface area contributed by atoms with Crippen LogP contribution in [-0.2, 0) is 9.53 Å². The average Bonchev–Trinajstić information content (AvgIpc) is 2.26. The maximum atomic E-state index is 12.4. The molecule has 0 unspecified atom stereocenters. The Morgan fingerprint density at radius 3 is 2.56 bits per heavy atom. The third-order valence-electron chi connectivity index (χ3n) is 3.52. The molecule has 2 rings (SSSR count). The van der Waals surface area contributed by atoms with Crippen LogP contribution >= 0.6 is 0 Å². The molecule has 1 N–H and O–H groups in total. The molecule has 16 heavy (non-hydrogen) atoms. The number of rotatable bonds is 4. The number of nitrogens with one attached hydrogen (secondary N) is 1. The van der Waals surface area contributed by atoms with Crippen LogP contribution in [0.5, 0.6) is 0 Å². The van der Waals surface area contributed by atoms with E-state index in [9.17, 15) is 4.79 Å². The normalized spacial score (nSPS) is 22.8. The van der Waals surface area contributed by atoms with Gasteiger partial charge in [0, 0.05) is 38.8 Å². The SMILES string of the molecule is CCCN(C(=O)C1CCOCC1)C1CNC1. The fraction of sp³-hybridized carbons (Fsp3) is 0.917. The third-order valence-corrected chi connectivity index (χ3v) is 3.52. The van der Waals surface area contributed by atoms with E-state index in [1.807, 2.05) is 0 Å². The summed E-state index contributed by atoms with van der Waals surface area (Å²) in [5, 5.41) is 3.24. The molecule has 92 valence electrons. The zero-order valence-corrected chi connectivity index (χ0v) is 10.1. The summed E-state index contributed by atoms with van der Waals surface area (Å²) in [6, 6.07) is 0.440. The first kappa shape index (κ1) is 11.9. The summed E-state index contributed by atoms with van der Waals surface area (Å²) in [6.45, 7) is 6.47. The van der Waals surface area contributed by atoms with Crippen LogP contribution in [0.25, 0.3) is 0 Å². The Labute approximate surface area is 97.3 Å². The maximum absolute atomic E-state index is 12.4. The third kappa shape index (κ3) is 2.55. The maximum Gasteiger partial charge on any atom is 0.226 e. The van der Waals surface area contributed by atoms with E-state index in [1.54, 1.807) is 0 Å². The highest BCUT2D eigenvalue weighted by atomic mass is 16.5. The lowest BCUT2D eigenvalue weighted by atomic mass is 9.97. The highest BCUT2D eigenvalue weighted by Crippen LogP contribution is 2.20. The molecule has 2 aliphatic heterocycles. The molecule has 2 aliphatic rings. The Balaban J connectivity index is 1.92. The van der Waals surface area contributed by atoms with Crippen molar-refractivity contribution in [2.24, 2.45) is 5.92 Å². The quantitative estimate of drug-likeness (QED) is 0.764. The van der Waals surface area contributed by atoms with Crippen molar-refractivity contribution < 1.29 is 9.53 Å². The first-order valence-electron chi connectivity index (χ1n) is 6.42. The number of carbonyl (C=O) groups excluding carboxylic acids is 1. The molecule has 0 saturated carbocycles. The number of ether oxygens (including phenoxy) is 1. The number of hydrogen-bond donors (Lipinski definition) is 1. The fourth-order valence-corrected chi connectivity index (χ4v) is 2.39. The number of amides is 1. The molecule has 0 bridgehead atoms. The van der Waals surface area contributed by atoms with E-state index < -0.39 is 0 Å². The van der Waals surface area contributed by atoms with Gasteiger partial charge < -0.3 is 15.0 Å². The molecule has 0 aromatic heterocycles. The van der Waals surface area contributed by atoms with Crippen molar-refractivity contribution in [2.75, 3.05) is 32.8 Å². The predicted molar refractivity (Wildman–Crippen MR) is 62.2 cm³/mol. The molecular weight excluding hydrogens is 204 g/mol. The summed E-state index contributed by atoms with van der Waals surface area (Å²) in [5.41, 5.74) is 0. The number of carbonyl (C=O) groups is 1. The predicted octanol–water partition coefficient (Wildman–Crippen LogP) is 0.623. The molecule has 1 amide bonds. The molecule has 0 aromatic rings. The Morgan fingerprint density at radius 1 is 1.38 bits per heavy atom. The molecule has 4 heteroatoms. The van der Waals surface area contributed by atoms with Gasteiger partial charge in [-0.15, -0.1) is 0 Å². The minimum atomic E-state index is 0.209. The summed E-state index contributed by atoms with van der Waals surface area (Å²) in [6.07, 6.45) is 2.85. The van der Waals surface area contributed by atoms with Gasteiger partial charge in [0.25, 0.3) is 0 Å². The first-order valence-corrected chi connectivity index (χ1v) is 6.42. The van der Waals surface area contributed by atoms with Crippen LogP contribution in [0.3, 0.4) is 0 Å². The first-order chi connectivity index (χ1) is 7.83. The highest BCUT2D eigenvalue weighted by Gasteiger charge is 2.32. The summed E-state index contributed by atoms with van der Waals surface area (Å²) in [4.78, 5) is 14.5. The van der Waals surface area contributed by atoms with E-state index in [-0.39, 0.29) is 5.92 Å². The molecule has 0 aliphatic carbocycles.